The van der Waals surface area contributed by atoms with Gasteiger partial charge in [-0.3, -0.25) is 4.79 Å². The molecule has 0 saturated carbocycles. The molecule has 6 heteroatoms. The molecule has 1 aromatic carbocycles. The minimum atomic E-state index is -0.942. The van der Waals surface area contributed by atoms with E-state index in [1.807, 2.05) is 39.0 Å². The monoisotopic (exact) mass is 347 g/mol. The van der Waals surface area contributed by atoms with Crippen molar-refractivity contribution in [2.45, 2.75) is 39.2 Å². The first-order valence-corrected chi connectivity index (χ1v) is 8.63. The Morgan fingerprint density at radius 3 is 2.80 bits per heavy atom. The highest BCUT2D eigenvalue weighted by Gasteiger charge is 2.48. The predicted molar refractivity (Wildman–Crippen MR) is 92.3 cm³/mol. The Kier molecular flexibility index (Phi) is 4.49. The van der Waals surface area contributed by atoms with Crippen LogP contribution in [0.25, 0.3) is 0 Å². The van der Waals surface area contributed by atoms with Gasteiger partial charge in [0.05, 0.1) is 13.2 Å². The van der Waals surface area contributed by atoms with Crippen molar-refractivity contribution in [1.29, 1.82) is 0 Å². The second-order valence-corrected chi connectivity index (χ2v) is 7.79. The molecule has 6 nitrogen and oxygen atoms in total. The first-order chi connectivity index (χ1) is 11.7. The Balaban J connectivity index is 1.84. The van der Waals surface area contributed by atoms with Crippen molar-refractivity contribution in [2.75, 3.05) is 26.3 Å². The van der Waals surface area contributed by atoms with E-state index in [-0.39, 0.29) is 24.3 Å². The molecule has 0 bridgehead atoms. The molecule has 0 radical (unpaired) electrons. The standard InChI is InChI=1S/C19H25NO5/c1-18(2,3)19(11-20(17(22)23)9-10-25-19)12-24-16-6-4-5-13-14(16)7-8-15(13)21/h4-6H,7-12H2,1-3H3,(H,22,23). The lowest BCUT2D eigenvalue weighted by Gasteiger charge is -2.49. The number of nitrogens with zero attached hydrogens (tertiary/aromatic N) is 1. The van der Waals surface area contributed by atoms with Gasteiger partial charge in [-0.15, -0.1) is 0 Å². The van der Waals surface area contributed by atoms with Crippen molar-refractivity contribution in [3.8, 4) is 5.75 Å². The van der Waals surface area contributed by atoms with Crippen LogP contribution in [0.4, 0.5) is 4.79 Å². The Hall–Kier alpha value is -2.08. The molecule has 1 aromatic rings. The zero-order valence-corrected chi connectivity index (χ0v) is 15.0. The molecule has 0 spiro atoms. The van der Waals surface area contributed by atoms with Crippen LogP contribution in [0.3, 0.4) is 0 Å². The van der Waals surface area contributed by atoms with Gasteiger partial charge in [-0.05, 0) is 17.9 Å². The lowest BCUT2D eigenvalue weighted by Crippen LogP contribution is -2.62. The fourth-order valence-electron chi connectivity index (χ4n) is 3.49. The van der Waals surface area contributed by atoms with Crippen molar-refractivity contribution in [2.24, 2.45) is 5.41 Å². The van der Waals surface area contributed by atoms with Crippen LogP contribution in [-0.4, -0.2) is 53.8 Å². The van der Waals surface area contributed by atoms with Gasteiger partial charge in [0.2, 0.25) is 0 Å². The van der Waals surface area contributed by atoms with E-state index in [2.05, 4.69) is 0 Å². The van der Waals surface area contributed by atoms with Gasteiger partial charge in [0.25, 0.3) is 0 Å². The predicted octanol–water partition coefficient (Wildman–Crippen LogP) is 2.99. The van der Waals surface area contributed by atoms with Gasteiger partial charge in [-0.1, -0.05) is 32.9 Å². The molecule has 1 atom stereocenters. The fourth-order valence-corrected chi connectivity index (χ4v) is 3.49. The lowest BCUT2D eigenvalue weighted by atomic mass is 9.75. The average Bonchev–Trinajstić information content (AvgIpc) is 2.94. The second-order valence-electron chi connectivity index (χ2n) is 7.79. The molecule has 136 valence electrons. The number of ether oxygens (including phenoxy) is 2. The molecular formula is C19H25NO5. The van der Waals surface area contributed by atoms with Crippen molar-refractivity contribution in [3.05, 3.63) is 29.3 Å². The van der Waals surface area contributed by atoms with Crippen molar-refractivity contribution in [3.63, 3.8) is 0 Å². The minimum absolute atomic E-state index is 0.150. The van der Waals surface area contributed by atoms with E-state index in [9.17, 15) is 14.7 Å². The van der Waals surface area contributed by atoms with E-state index in [4.69, 9.17) is 9.47 Å². The normalized spacial score (nSPS) is 23.5. The van der Waals surface area contributed by atoms with Gasteiger partial charge in [-0.25, -0.2) is 4.79 Å². The number of morpholine rings is 1. The van der Waals surface area contributed by atoms with E-state index >= 15 is 0 Å². The first kappa shape index (κ1) is 17.7. The summed E-state index contributed by atoms with van der Waals surface area (Å²) in [6, 6.07) is 5.53. The number of carbonyl (C=O) groups excluding carboxylic acids is 1. The van der Waals surface area contributed by atoms with Gasteiger partial charge < -0.3 is 19.5 Å². The quantitative estimate of drug-likeness (QED) is 0.910. The summed E-state index contributed by atoms with van der Waals surface area (Å²) < 4.78 is 12.2. The van der Waals surface area contributed by atoms with Crippen LogP contribution < -0.4 is 4.74 Å². The van der Waals surface area contributed by atoms with Crippen LogP contribution in [0.1, 0.15) is 43.1 Å². The number of ketones is 1. The molecule has 1 fully saturated rings. The molecule has 1 N–H and O–H groups in total. The minimum Gasteiger partial charge on any atom is -0.490 e. The summed E-state index contributed by atoms with van der Waals surface area (Å²) in [7, 11) is 0. The third-order valence-electron chi connectivity index (χ3n) is 5.32. The number of amides is 1. The van der Waals surface area contributed by atoms with Crippen LogP contribution in [-0.2, 0) is 11.2 Å². The average molecular weight is 347 g/mol. The molecule has 1 aliphatic heterocycles. The molecular weight excluding hydrogens is 322 g/mol. The van der Waals surface area contributed by atoms with Crippen molar-refractivity contribution >= 4 is 11.9 Å². The Morgan fingerprint density at radius 2 is 2.12 bits per heavy atom. The summed E-state index contributed by atoms with van der Waals surface area (Å²) in [6.45, 7) is 7.30. The number of carbonyl (C=O) groups is 2. The van der Waals surface area contributed by atoms with Crippen molar-refractivity contribution in [1.82, 2.24) is 4.90 Å². The Labute approximate surface area is 147 Å². The summed E-state index contributed by atoms with van der Waals surface area (Å²) >= 11 is 0. The van der Waals surface area contributed by atoms with Crippen LogP contribution >= 0.6 is 0 Å². The second kappa shape index (κ2) is 6.33. The lowest BCUT2D eigenvalue weighted by molar-refractivity contribution is -0.175. The van der Waals surface area contributed by atoms with Gasteiger partial charge in [0.1, 0.15) is 18.0 Å². The number of carboxylic acid groups (broad SMARTS) is 1. The van der Waals surface area contributed by atoms with E-state index < -0.39 is 11.7 Å². The van der Waals surface area contributed by atoms with Gasteiger partial charge in [-0.2, -0.15) is 0 Å². The zero-order valence-electron chi connectivity index (χ0n) is 15.0. The number of hydrogen-bond donors (Lipinski definition) is 1. The third-order valence-corrected chi connectivity index (χ3v) is 5.32. The first-order valence-electron chi connectivity index (χ1n) is 8.63. The molecule has 0 aromatic heterocycles. The van der Waals surface area contributed by atoms with Crippen LogP contribution in [0.5, 0.6) is 5.75 Å². The maximum atomic E-state index is 11.9. The summed E-state index contributed by atoms with van der Waals surface area (Å²) in [4.78, 5) is 24.7. The Bertz CT molecular complexity index is 694. The molecule has 1 heterocycles. The third kappa shape index (κ3) is 3.23. The SMILES string of the molecule is CC(C)(C)C1(COc2cccc3c2CCC3=O)CN(C(=O)O)CCO1. The van der Waals surface area contributed by atoms with E-state index in [1.54, 1.807) is 0 Å². The molecule has 25 heavy (non-hydrogen) atoms. The maximum absolute atomic E-state index is 11.9. The number of Topliss-reactive ketones (excluding diaryl/α,β-unsaturated/α-hetero) is 1. The van der Waals surface area contributed by atoms with E-state index in [0.29, 0.717) is 31.7 Å². The molecule has 1 saturated heterocycles. The Morgan fingerprint density at radius 1 is 1.36 bits per heavy atom. The number of benzene rings is 1. The highest BCUT2D eigenvalue weighted by Crippen LogP contribution is 2.38. The topological polar surface area (TPSA) is 76.1 Å². The maximum Gasteiger partial charge on any atom is 0.407 e. The number of fused-ring (bicyclic) bond motifs is 1. The number of rotatable bonds is 3. The largest absolute Gasteiger partial charge is 0.490 e. The smallest absolute Gasteiger partial charge is 0.407 e. The zero-order chi connectivity index (χ0) is 18.2. The van der Waals surface area contributed by atoms with Gasteiger partial charge in [0, 0.05) is 24.1 Å². The molecule has 1 unspecified atom stereocenters. The fraction of sp³-hybridized carbons (Fsp3) is 0.579. The highest BCUT2D eigenvalue weighted by molar-refractivity contribution is 6.01. The number of hydrogen-bond acceptors (Lipinski definition) is 4. The molecule has 1 amide bonds. The highest BCUT2D eigenvalue weighted by atomic mass is 16.5. The van der Waals surface area contributed by atoms with E-state index in [0.717, 1.165) is 11.1 Å². The van der Waals surface area contributed by atoms with Crippen LogP contribution in [0, 0.1) is 5.41 Å². The summed E-state index contributed by atoms with van der Waals surface area (Å²) in [6.07, 6.45) is 0.265. The molecule has 2 aliphatic rings. The summed E-state index contributed by atoms with van der Waals surface area (Å²) in [5.74, 6) is 0.847. The van der Waals surface area contributed by atoms with Crippen LogP contribution in [0.15, 0.2) is 18.2 Å². The van der Waals surface area contributed by atoms with Crippen molar-refractivity contribution < 1.29 is 24.2 Å². The summed E-state index contributed by atoms with van der Waals surface area (Å²) in [5, 5.41) is 9.37. The summed E-state index contributed by atoms with van der Waals surface area (Å²) in [5.41, 5.74) is 0.630. The molecule has 1 aliphatic carbocycles. The van der Waals surface area contributed by atoms with Gasteiger partial charge >= 0.3 is 6.09 Å². The van der Waals surface area contributed by atoms with Crippen LogP contribution in [0.2, 0.25) is 0 Å². The molecule has 3 rings (SSSR count). The van der Waals surface area contributed by atoms with Gasteiger partial charge in [0.15, 0.2) is 5.78 Å². The van der Waals surface area contributed by atoms with E-state index in [1.165, 1.54) is 4.90 Å².